The lowest BCUT2D eigenvalue weighted by atomic mass is 10.2. The first kappa shape index (κ1) is 22.1. The monoisotopic (exact) mass is 495 g/mol. The van der Waals surface area contributed by atoms with E-state index in [2.05, 4.69) is 31.4 Å². The number of aryl methyl sites for hydroxylation is 2. The average Bonchev–Trinajstić information content (AvgIpc) is 3.37. The zero-order chi connectivity index (χ0) is 21.5. The molecule has 0 spiro atoms. The number of carbonyl (C=O) groups is 1. The number of carbonyl (C=O) groups excluding carboxylic acids is 1. The molecule has 1 unspecified atom stereocenters. The number of amides is 1. The van der Waals surface area contributed by atoms with Crippen LogP contribution in [-0.2, 0) is 17.5 Å². The largest absolute Gasteiger partial charge is 0.436 e. The molecule has 6 nitrogen and oxygen atoms in total. The van der Waals surface area contributed by atoms with Crippen LogP contribution in [0.3, 0.4) is 0 Å². The van der Waals surface area contributed by atoms with E-state index < -0.39 is 17.9 Å². The van der Waals surface area contributed by atoms with Gasteiger partial charge in [-0.3, -0.25) is 14.2 Å². The molecule has 11 heteroatoms. The van der Waals surface area contributed by atoms with E-state index in [9.17, 15) is 18.0 Å². The average molecular weight is 497 g/mol. The minimum atomic E-state index is -4.58. The molecule has 1 N–H and O–H groups in total. The van der Waals surface area contributed by atoms with Crippen LogP contribution in [0.5, 0.6) is 0 Å². The molecule has 3 rings (SSSR count). The van der Waals surface area contributed by atoms with Crippen molar-refractivity contribution in [2.45, 2.75) is 64.7 Å². The highest BCUT2D eigenvalue weighted by molar-refractivity contribution is 9.10. The highest BCUT2D eigenvalue weighted by Crippen LogP contribution is 2.46. The van der Waals surface area contributed by atoms with E-state index in [1.807, 2.05) is 13.8 Å². The molecule has 2 aromatic rings. The van der Waals surface area contributed by atoms with Gasteiger partial charge in [0.05, 0.1) is 26.6 Å². The Morgan fingerprint density at radius 3 is 2.52 bits per heavy atom. The van der Waals surface area contributed by atoms with Crippen LogP contribution in [0.15, 0.2) is 4.47 Å². The summed E-state index contributed by atoms with van der Waals surface area (Å²) in [7, 11) is 0. The third-order valence-corrected chi connectivity index (χ3v) is 6.51. The van der Waals surface area contributed by atoms with Crippen molar-refractivity contribution >= 4 is 33.4 Å². The fraction of sp³-hybridized carbons (Fsp3) is 0.611. The summed E-state index contributed by atoms with van der Waals surface area (Å²) in [5.74, 6) is -0.176. The summed E-state index contributed by atoms with van der Waals surface area (Å²) in [6, 6.07) is -0.502. The Labute approximate surface area is 179 Å². The predicted octanol–water partition coefficient (Wildman–Crippen LogP) is 4.78. The number of nitrogens with zero attached hydrogens (tertiary/aromatic N) is 4. The summed E-state index contributed by atoms with van der Waals surface area (Å²) >= 11 is 9.40. The van der Waals surface area contributed by atoms with Gasteiger partial charge in [-0.2, -0.15) is 23.4 Å². The maximum atomic E-state index is 13.1. The lowest BCUT2D eigenvalue weighted by molar-refractivity contribution is -0.141. The highest BCUT2D eigenvalue weighted by Gasteiger charge is 2.41. The van der Waals surface area contributed by atoms with E-state index in [1.54, 1.807) is 11.6 Å². The summed E-state index contributed by atoms with van der Waals surface area (Å²) < 4.78 is 43.2. The fourth-order valence-corrected chi connectivity index (χ4v) is 3.93. The van der Waals surface area contributed by atoms with Gasteiger partial charge in [-0.1, -0.05) is 11.6 Å². The maximum absolute atomic E-state index is 13.1. The van der Waals surface area contributed by atoms with Crippen LogP contribution in [-0.4, -0.2) is 32.0 Å². The molecule has 29 heavy (non-hydrogen) atoms. The fourth-order valence-electron chi connectivity index (χ4n) is 3.27. The van der Waals surface area contributed by atoms with Crippen LogP contribution < -0.4 is 5.32 Å². The number of nitrogens with one attached hydrogen (secondary N) is 1. The molecule has 0 aliphatic heterocycles. The van der Waals surface area contributed by atoms with Crippen LogP contribution in [0.1, 0.15) is 60.9 Å². The molecule has 0 saturated heterocycles. The summed E-state index contributed by atoms with van der Waals surface area (Å²) in [6.07, 6.45) is -2.51. The second-order valence-electron chi connectivity index (χ2n) is 7.29. The second kappa shape index (κ2) is 8.29. The van der Waals surface area contributed by atoms with E-state index in [0.717, 1.165) is 28.7 Å². The van der Waals surface area contributed by atoms with Crippen molar-refractivity contribution in [1.82, 2.24) is 24.9 Å². The lowest BCUT2D eigenvalue weighted by Gasteiger charge is -2.15. The molecule has 2 aromatic heterocycles. The van der Waals surface area contributed by atoms with Gasteiger partial charge in [0.15, 0.2) is 5.69 Å². The van der Waals surface area contributed by atoms with Crippen LogP contribution in [0.2, 0.25) is 5.02 Å². The zero-order valence-corrected chi connectivity index (χ0v) is 18.6. The molecule has 1 atom stereocenters. The number of hydrogen-bond donors (Lipinski definition) is 1. The number of hydrogen-bond acceptors (Lipinski definition) is 3. The normalized spacial score (nSPS) is 15.6. The van der Waals surface area contributed by atoms with E-state index >= 15 is 0 Å². The standard InChI is InChI=1S/C18H22BrClF3N5O/c1-9-13(19)10(2)28(25-9)11(3)17(29)24-7-4-8-27-15(12-5-6-12)14(20)16(26-27)18(21,22)23/h11-12H,4-8H2,1-3H3,(H,24,29). The number of aromatic nitrogens is 4. The first-order valence-electron chi connectivity index (χ1n) is 9.34. The molecular weight excluding hydrogens is 475 g/mol. The van der Waals surface area contributed by atoms with Crippen LogP contribution in [0, 0.1) is 13.8 Å². The second-order valence-corrected chi connectivity index (χ2v) is 8.46. The Morgan fingerprint density at radius 2 is 2.00 bits per heavy atom. The van der Waals surface area contributed by atoms with E-state index in [0.29, 0.717) is 18.7 Å². The third-order valence-electron chi connectivity index (χ3n) is 4.99. The molecule has 1 aliphatic carbocycles. The van der Waals surface area contributed by atoms with Gasteiger partial charge in [-0.15, -0.1) is 0 Å². The Morgan fingerprint density at radius 1 is 1.34 bits per heavy atom. The Hall–Kier alpha value is -1.55. The summed E-state index contributed by atoms with van der Waals surface area (Å²) in [5, 5.41) is 10.6. The van der Waals surface area contributed by atoms with Crippen molar-refractivity contribution in [2.24, 2.45) is 0 Å². The van der Waals surface area contributed by atoms with Crippen molar-refractivity contribution in [3.8, 4) is 0 Å². The zero-order valence-electron chi connectivity index (χ0n) is 16.3. The number of alkyl halides is 3. The number of halogens is 5. The molecule has 0 aromatic carbocycles. The summed E-state index contributed by atoms with van der Waals surface area (Å²) in [6.45, 7) is 6.02. The minimum Gasteiger partial charge on any atom is -0.354 e. The quantitative estimate of drug-likeness (QED) is 0.561. The van der Waals surface area contributed by atoms with Gasteiger partial charge in [0.2, 0.25) is 5.91 Å². The smallest absolute Gasteiger partial charge is 0.354 e. The van der Waals surface area contributed by atoms with Gasteiger partial charge in [-0.05, 0) is 56.0 Å². The molecule has 1 fully saturated rings. The Bertz CT molecular complexity index is 920. The first-order chi connectivity index (χ1) is 13.5. The van der Waals surface area contributed by atoms with Crippen molar-refractivity contribution in [3.05, 3.63) is 32.3 Å². The van der Waals surface area contributed by atoms with Crippen LogP contribution in [0.25, 0.3) is 0 Å². The predicted molar refractivity (Wildman–Crippen MR) is 106 cm³/mol. The van der Waals surface area contributed by atoms with Gasteiger partial charge in [-0.25, -0.2) is 0 Å². The van der Waals surface area contributed by atoms with Gasteiger partial charge < -0.3 is 5.32 Å². The first-order valence-corrected chi connectivity index (χ1v) is 10.5. The molecule has 2 heterocycles. The van der Waals surface area contributed by atoms with Gasteiger partial charge >= 0.3 is 6.18 Å². The van der Waals surface area contributed by atoms with Crippen molar-refractivity contribution in [2.75, 3.05) is 6.54 Å². The third kappa shape index (κ3) is 4.63. The van der Waals surface area contributed by atoms with Gasteiger partial charge in [0.25, 0.3) is 0 Å². The Kier molecular flexibility index (Phi) is 6.33. The molecule has 1 saturated carbocycles. The summed E-state index contributed by atoms with van der Waals surface area (Å²) in [4.78, 5) is 12.4. The van der Waals surface area contributed by atoms with E-state index in [-0.39, 0.29) is 23.4 Å². The van der Waals surface area contributed by atoms with Crippen LogP contribution >= 0.6 is 27.5 Å². The molecule has 0 bridgehead atoms. The minimum absolute atomic E-state index is 0.0326. The van der Waals surface area contributed by atoms with Gasteiger partial charge in [0.1, 0.15) is 6.04 Å². The van der Waals surface area contributed by atoms with Crippen molar-refractivity contribution < 1.29 is 18.0 Å². The Balaban J connectivity index is 1.59. The van der Waals surface area contributed by atoms with Crippen molar-refractivity contribution in [3.63, 3.8) is 0 Å². The van der Waals surface area contributed by atoms with E-state index in [1.165, 1.54) is 4.68 Å². The molecular formula is C18H22BrClF3N5O. The summed E-state index contributed by atoms with van der Waals surface area (Å²) in [5.41, 5.74) is 1.07. The topological polar surface area (TPSA) is 64.7 Å². The maximum Gasteiger partial charge on any atom is 0.436 e. The van der Waals surface area contributed by atoms with Crippen molar-refractivity contribution in [1.29, 1.82) is 0 Å². The van der Waals surface area contributed by atoms with Gasteiger partial charge in [0, 0.05) is 19.0 Å². The molecule has 160 valence electrons. The van der Waals surface area contributed by atoms with E-state index in [4.69, 9.17) is 11.6 Å². The molecule has 1 aliphatic rings. The van der Waals surface area contributed by atoms with Crippen LogP contribution in [0.4, 0.5) is 13.2 Å². The molecule has 1 amide bonds. The SMILES string of the molecule is Cc1nn(C(C)C(=O)NCCCn2nc(C(F)(F)F)c(Cl)c2C2CC2)c(C)c1Br. The highest BCUT2D eigenvalue weighted by atomic mass is 79.9. The molecule has 0 radical (unpaired) electrons. The number of rotatable bonds is 7. The lowest BCUT2D eigenvalue weighted by Crippen LogP contribution is -2.33.